The minimum Gasteiger partial charge on any atom is -0.487 e. The fourth-order valence-corrected chi connectivity index (χ4v) is 4.96. The number of anilines is 1. The van der Waals surface area contributed by atoms with Crippen molar-refractivity contribution >= 4 is 28.3 Å². The van der Waals surface area contributed by atoms with Gasteiger partial charge in [-0.2, -0.15) is 5.26 Å². The number of benzene rings is 1. The lowest BCUT2D eigenvalue weighted by atomic mass is 9.97. The first-order valence-corrected chi connectivity index (χ1v) is 10.6. The molecule has 9 heteroatoms. The molecule has 1 fully saturated rings. The number of rotatable bonds is 3. The highest BCUT2D eigenvalue weighted by Crippen LogP contribution is 2.40. The molecule has 5 N–H and O–H groups in total. The van der Waals surface area contributed by atoms with E-state index in [0.717, 1.165) is 24.1 Å². The number of pyridine rings is 1. The van der Waals surface area contributed by atoms with E-state index in [1.54, 1.807) is 29.1 Å². The van der Waals surface area contributed by atoms with Crippen LogP contribution in [0.3, 0.4) is 0 Å². The summed E-state index contributed by atoms with van der Waals surface area (Å²) >= 11 is 6.37. The Kier molecular flexibility index (Phi) is 4.99. The van der Waals surface area contributed by atoms with Crippen molar-refractivity contribution in [2.75, 3.05) is 12.3 Å². The first kappa shape index (κ1) is 20.1. The van der Waals surface area contributed by atoms with Crippen molar-refractivity contribution in [3.63, 3.8) is 0 Å². The SMILES string of the molecule is N#Cc1cc2c(c(O[C@H]3C[C@@H](n4cc(Cl)c5c(N)ccnc54)[C@H](O)[C@@H]3O)c1)CNCC2. The lowest BCUT2D eigenvalue weighted by Crippen LogP contribution is -2.35. The maximum absolute atomic E-state index is 10.8. The second kappa shape index (κ2) is 7.70. The Morgan fingerprint density at radius 3 is 2.97 bits per heavy atom. The van der Waals surface area contributed by atoms with E-state index >= 15 is 0 Å². The molecule has 0 bridgehead atoms. The number of fused-ring (bicyclic) bond motifs is 2. The first-order chi connectivity index (χ1) is 15.0. The van der Waals surface area contributed by atoms with Crippen LogP contribution in [0.15, 0.2) is 30.6 Å². The van der Waals surface area contributed by atoms with Crippen LogP contribution in [0.2, 0.25) is 5.02 Å². The zero-order valence-electron chi connectivity index (χ0n) is 16.6. The van der Waals surface area contributed by atoms with Gasteiger partial charge in [0.2, 0.25) is 0 Å². The summed E-state index contributed by atoms with van der Waals surface area (Å²) in [5.41, 5.74) is 9.67. The molecule has 4 atom stereocenters. The van der Waals surface area contributed by atoms with Gasteiger partial charge in [0.1, 0.15) is 29.7 Å². The van der Waals surface area contributed by atoms with Crippen LogP contribution < -0.4 is 15.8 Å². The van der Waals surface area contributed by atoms with Crippen LogP contribution in [0.5, 0.6) is 5.75 Å². The summed E-state index contributed by atoms with van der Waals surface area (Å²) < 4.78 is 7.96. The normalized spacial score (nSPS) is 25.4. The smallest absolute Gasteiger partial charge is 0.143 e. The monoisotopic (exact) mass is 439 g/mol. The Balaban J connectivity index is 1.48. The highest BCUT2D eigenvalue weighted by Gasteiger charge is 2.45. The van der Waals surface area contributed by atoms with Gasteiger partial charge in [-0.3, -0.25) is 0 Å². The predicted molar refractivity (Wildman–Crippen MR) is 116 cm³/mol. The molecule has 1 saturated carbocycles. The molecule has 0 saturated heterocycles. The van der Waals surface area contributed by atoms with Crippen LogP contribution in [0, 0.1) is 11.3 Å². The zero-order valence-corrected chi connectivity index (χ0v) is 17.4. The van der Waals surface area contributed by atoms with Gasteiger partial charge in [0.15, 0.2) is 0 Å². The fourth-order valence-electron chi connectivity index (χ4n) is 4.66. The van der Waals surface area contributed by atoms with Crippen LogP contribution in [0.4, 0.5) is 5.69 Å². The summed E-state index contributed by atoms with van der Waals surface area (Å²) in [5, 5.41) is 35.4. The van der Waals surface area contributed by atoms with E-state index in [4.69, 9.17) is 22.1 Å². The number of aliphatic hydroxyl groups is 2. The molecule has 0 spiro atoms. The minimum absolute atomic E-state index is 0.345. The Hall–Kier alpha value is -2.83. The third-order valence-electron chi connectivity index (χ3n) is 6.24. The molecule has 2 aromatic heterocycles. The molecule has 5 rings (SSSR count). The molecular weight excluding hydrogens is 418 g/mol. The van der Waals surface area contributed by atoms with Gasteiger partial charge in [-0.15, -0.1) is 0 Å². The molecule has 0 unspecified atom stereocenters. The van der Waals surface area contributed by atoms with E-state index in [9.17, 15) is 15.5 Å². The molecule has 3 heterocycles. The van der Waals surface area contributed by atoms with E-state index in [0.29, 0.717) is 46.0 Å². The molecule has 160 valence electrons. The van der Waals surface area contributed by atoms with Crippen molar-refractivity contribution in [3.8, 4) is 11.8 Å². The van der Waals surface area contributed by atoms with Crippen molar-refractivity contribution in [3.05, 3.63) is 52.3 Å². The number of ether oxygens (including phenoxy) is 1. The van der Waals surface area contributed by atoms with Gasteiger partial charge in [-0.1, -0.05) is 11.6 Å². The second-order valence-electron chi connectivity index (χ2n) is 8.07. The van der Waals surface area contributed by atoms with Gasteiger partial charge in [-0.05, 0) is 36.7 Å². The van der Waals surface area contributed by atoms with Crippen molar-refractivity contribution in [2.24, 2.45) is 0 Å². The molecule has 0 radical (unpaired) electrons. The van der Waals surface area contributed by atoms with Gasteiger partial charge in [0.05, 0.1) is 28.1 Å². The maximum Gasteiger partial charge on any atom is 0.143 e. The van der Waals surface area contributed by atoms with E-state index in [1.807, 2.05) is 6.07 Å². The number of aromatic nitrogens is 2. The summed E-state index contributed by atoms with van der Waals surface area (Å²) in [4.78, 5) is 4.38. The average Bonchev–Trinajstić information content (AvgIpc) is 3.25. The van der Waals surface area contributed by atoms with Crippen LogP contribution in [-0.2, 0) is 13.0 Å². The largest absolute Gasteiger partial charge is 0.487 e. The summed E-state index contributed by atoms with van der Waals surface area (Å²) in [6, 6.07) is 6.94. The van der Waals surface area contributed by atoms with Crippen LogP contribution in [0.1, 0.15) is 29.2 Å². The van der Waals surface area contributed by atoms with Crippen LogP contribution >= 0.6 is 11.6 Å². The molecule has 0 amide bonds. The van der Waals surface area contributed by atoms with E-state index in [-0.39, 0.29) is 0 Å². The molecule has 8 nitrogen and oxygen atoms in total. The number of nitrogen functional groups attached to an aromatic ring is 1. The molecule has 1 aliphatic carbocycles. The Bertz CT molecular complexity index is 1200. The number of aliphatic hydroxyl groups excluding tert-OH is 2. The topological polar surface area (TPSA) is 129 Å². The van der Waals surface area contributed by atoms with Gasteiger partial charge < -0.3 is 30.6 Å². The third-order valence-corrected chi connectivity index (χ3v) is 6.52. The number of nitrogens with one attached hydrogen (secondary N) is 1. The second-order valence-corrected chi connectivity index (χ2v) is 8.48. The van der Waals surface area contributed by atoms with Crippen molar-refractivity contribution in [1.29, 1.82) is 5.26 Å². The number of nitriles is 1. The number of hydrogen-bond donors (Lipinski definition) is 4. The quantitative estimate of drug-likeness (QED) is 0.490. The standard InChI is InChI=1S/C22H22ClN5O3/c23-14-10-28(22-19(14)15(25)2-4-27-22)16-7-18(21(30)20(16)29)31-17-6-11(8-24)5-12-1-3-26-9-13(12)17/h2,4-6,10,16,18,20-21,26,29-30H,1,3,7,9H2,(H2,25,27)/t16-,18+,20+,21-/m1/s1. The third kappa shape index (κ3) is 3.30. The molecule has 3 aromatic rings. The highest BCUT2D eigenvalue weighted by atomic mass is 35.5. The van der Waals surface area contributed by atoms with Crippen molar-refractivity contribution in [2.45, 2.75) is 43.7 Å². The number of nitrogens with two attached hydrogens (primary N) is 1. The van der Waals surface area contributed by atoms with Gasteiger partial charge in [-0.25, -0.2) is 4.98 Å². The number of halogens is 1. The molecular formula is C22H22ClN5O3. The highest BCUT2D eigenvalue weighted by molar-refractivity contribution is 6.36. The number of nitrogens with zero attached hydrogens (tertiary/aromatic N) is 3. The fraction of sp³-hybridized carbons (Fsp3) is 0.364. The lowest BCUT2D eigenvalue weighted by Gasteiger charge is -2.24. The average molecular weight is 440 g/mol. The van der Waals surface area contributed by atoms with Crippen molar-refractivity contribution < 1.29 is 14.9 Å². The Labute approximate surface area is 183 Å². The molecule has 1 aromatic carbocycles. The van der Waals surface area contributed by atoms with Gasteiger partial charge in [0, 0.05) is 36.6 Å². The van der Waals surface area contributed by atoms with Gasteiger partial charge >= 0.3 is 0 Å². The van der Waals surface area contributed by atoms with Crippen molar-refractivity contribution in [1.82, 2.24) is 14.9 Å². The molecule has 1 aliphatic heterocycles. The van der Waals surface area contributed by atoms with E-state index in [1.165, 1.54) is 0 Å². The van der Waals surface area contributed by atoms with E-state index < -0.39 is 24.4 Å². The Morgan fingerprint density at radius 2 is 2.16 bits per heavy atom. The first-order valence-electron chi connectivity index (χ1n) is 10.2. The minimum atomic E-state index is -1.11. The summed E-state index contributed by atoms with van der Waals surface area (Å²) in [7, 11) is 0. The van der Waals surface area contributed by atoms with Gasteiger partial charge in [0.25, 0.3) is 0 Å². The molecule has 2 aliphatic rings. The van der Waals surface area contributed by atoms with E-state index in [2.05, 4.69) is 16.4 Å². The Morgan fingerprint density at radius 1 is 1.32 bits per heavy atom. The predicted octanol–water partition coefficient (Wildman–Crippen LogP) is 1.90. The zero-order chi connectivity index (χ0) is 21.7. The van der Waals surface area contributed by atoms with Crippen LogP contribution in [0.25, 0.3) is 11.0 Å². The van der Waals surface area contributed by atoms with Crippen LogP contribution in [-0.4, -0.2) is 44.6 Å². The summed E-state index contributed by atoms with van der Waals surface area (Å²) in [6.07, 6.45) is 1.58. The summed E-state index contributed by atoms with van der Waals surface area (Å²) in [6.45, 7) is 1.47. The summed E-state index contributed by atoms with van der Waals surface area (Å²) in [5.74, 6) is 0.566. The maximum atomic E-state index is 10.8. The number of hydrogen-bond acceptors (Lipinski definition) is 7. The lowest BCUT2D eigenvalue weighted by molar-refractivity contribution is -0.0166. The molecule has 31 heavy (non-hydrogen) atoms.